The van der Waals surface area contributed by atoms with E-state index in [1.165, 1.54) is 0 Å². The number of hydrogen-bond acceptors (Lipinski definition) is 1. The van der Waals surface area contributed by atoms with E-state index in [1.807, 2.05) is 18.2 Å². The molecule has 4 nitrogen and oxygen atoms in total. The number of fused-ring (bicyclic) bond motifs is 9. The number of aromatic nitrogens is 2. The Labute approximate surface area is 234 Å². The van der Waals surface area contributed by atoms with Gasteiger partial charge in [-0.3, -0.25) is 0 Å². The third-order valence-corrected chi connectivity index (χ3v) is 8.33. The Bertz CT molecular complexity index is 2450. The zero-order valence-corrected chi connectivity index (χ0v) is 21.9. The van der Waals surface area contributed by atoms with Crippen LogP contribution < -0.4 is 0 Å². The van der Waals surface area contributed by atoms with Crippen molar-refractivity contribution in [3.05, 3.63) is 139 Å². The zero-order chi connectivity index (χ0) is 27.1. The molecule has 0 aliphatic heterocycles. The van der Waals surface area contributed by atoms with E-state index in [4.69, 9.17) is 11.0 Å². The van der Waals surface area contributed by atoms with Crippen LogP contribution in [0.3, 0.4) is 0 Å². The Morgan fingerprint density at radius 1 is 0.488 bits per heavy atom. The van der Waals surface area contributed by atoms with Gasteiger partial charge in [0.15, 0.2) is 0 Å². The molecule has 3 aromatic heterocycles. The zero-order valence-electron chi connectivity index (χ0n) is 21.9. The lowest BCUT2D eigenvalue weighted by molar-refractivity contribution is 0.666. The Morgan fingerprint density at radius 2 is 0.927 bits per heavy atom. The summed E-state index contributed by atoms with van der Waals surface area (Å²) in [6.07, 6.45) is 0. The highest BCUT2D eigenvalue weighted by Crippen LogP contribution is 2.47. The largest absolute Gasteiger partial charge is 0.455 e. The van der Waals surface area contributed by atoms with Crippen molar-refractivity contribution in [2.75, 3.05) is 0 Å². The van der Waals surface area contributed by atoms with Gasteiger partial charge in [0, 0.05) is 32.3 Å². The highest BCUT2D eigenvalue weighted by atomic mass is 16.3. The van der Waals surface area contributed by atoms with E-state index in [9.17, 15) is 0 Å². The van der Waals surface area contributed by atoms with Crippen LogP contribution in [-0.4, -0.2) is 9.13 Å². The normalized spacial score (nSPS) is 11.9. The molecule has 0 N–H and O–H groups in total. The third-order valence-electron chi connectivity index (χ3n) is 8.33. The van der Waals surface area contributed by atoms with Gasteiger partial charge in [-0.25, -0.2) is 4.85 Å². The molecule has 3 heterocycles. The molecule has 0 amide bonds. The predicted octanol–water partition coefficient (Wildman–Crippen LogP) is 10.3. The molecule has 9 aromatic rings. The summed E-state index contributed by atoms with van der Waals surface area (Å²) in [4.78, 5) is 4.28. The fourth-order valence-corrected chi connectivity index (χ4v) is 6.65. The van der Waals surface area contributed by atoms with Crippen LogP contribution in [0.25, 0.3) is 81.8 Å². The molecular formula is C37H21N3O. The Balaban J connectivity index is 1.56. The monoisotopic (exact) mass is 523 g/mol. The number of benzene rings is 6. The maximum absolute atomic E-state index is 8.63. The van der Waals surface area contributed by atoms with E-state index in [2.05, 4.69) is 123 Å². The van der Waals surface area contributed by atoms with E-state index in [-0.39, 0.29) is 0 Å². The first-order chi connectivity index (χ1) is 20.3. The van der Waals surface area contributed by atoms with Crippen molar-refractivity contribution in [2.24, 2.45) is 0 Å². The maximum atomic E-state index is 8.63. The molecule has 0 saturated carbocycles. The fourth-order valence-electron chi connectivity index (χ4n) is 6.65. The second kappa shape index (κ2) is 8.11. The molecule has 0 aliphatic rings. The van der Waals surface area contributed by atoms with Crippen molar-refractivity contribution < 1.29 is 4.42 Å². The van der Waals surface area contributed by atoms with E-state index >= 15 is 0 Å². The van der Waals surface area contributed by atoms with Crippen LogP contribution in [-0.2, 0) is 0 Å². The summed E-state index contributed by atoms with van der Waals surface area (Å²) in [7, 11) is 0. The topological polar surface area (TPSA) is 27.4 Å². The lowest BCUT2D eigenvalue weighted by atomic mass is 10.1. The highest BCUT2D eigenvalue weighted by molar-refractivity contribution is 6.17. The minimum Gasteiger partial charge on any atom is -0.455 e. The summed E-state index contributed by atoms with van der Waals surface area (Å²) >= 11 is 0. The number of hydrogen-bond donors (Lipinski definition) is 0. The van der Waals surface area contributed by atoms with Gasteiger partial charge in [-0.05, 0) is 36.4 Å². The maximum Gasteiger partial charge on any atom is 0.237 e. The van der Waals surface area contributed by atoms with Crippen LogP contribution in [0.5, 0.6) is 0 Å². The van der Waals surface area contributed by atoms with Crippen LogP contribution >= 0.6 is 0 Å². The minimum atomic E-state index is 0.551. The van der Waals surface area contributed by atoms with Gasteiger partial charge in [-0.15, -0.1) is 0 Å². The second-order valence-corrected chi connectivity index (χ2v) is 10.4. The van der Waals surface area contributed by atoms with Crippen molar-refractivity contribution in [1.82, 2.24) is 9.13 Å². The van der Waals surface area contributed by atoms with Crippen molar-refractivity contribution in [2.45, 2.75) is 0 Å². The Morgan fingerprint density at radius 3 is 1.44 bits per heavy atom. The van der Waals surface area contributed by atoms with Gasteiger partial charge >= 0.3 is 0 Å². The number of para-hydroxylation sites is 5. The molecule has 0 radical (unpaired) electrons. The summed E-state index contributed by atoms with van der Waals surface area (Å²) in [6.45, 7) is 8.63. The van der Waals surface area contributed by atoms with Gasteiger partial charge in [0.2, 0.25) is 5.69 Å². The summed E-state index contributed by atoms with van der Waals surface area (Å²) in [5, 5.41) is 6.63. The standard InChI is InChI=1S/C37H21N3O/c1-38-35-33(39-29-17-7-2-12-23(29)24-13-3-8-18-30(24)39)22-28-27-16-6-11-21-34(27)41-37(28)36(35)40-31-19-9-4-14-25(31)26-15-5-10-20-32(26)40/h2-22H. The summed E-state index contributed by atoms with van der Waals surface area (Å²) in [5.41, 5.74) is 7.90. The van der Waals surface area contributed by atoms with Crippen molar-refractivity contribution in [1.29, 1.82) is 0 Å². The van der Waals surface area contributed by atoms with Gasteiger partial charge < -0.3 is 13.6 Å². The molecule has 41 heavy (non-hydrogen) atoms. The fraction of sp³-hybridized carbons (Fsp3) is 0. The molecular weight excluding hydrogens is 502 g/mol. The van der Waals surface area contributed by atoms with Gasteiger partial charge in [-0.1, -0.05) is 91.0 Å². The molecule has 0 atom stereocenters. The first-order valence-electron chi connectivity index (χ1n) is 13.7. The number of furan rings is 1. The summed E-state index contributed by atoms with van der Waals surface area (Å²) < 4.78 is 11.1. The van der Waals surface area contributed by atoms with Crippen molar-refractivity contribution in [3.63, 3.8) is 0 Å². The molecule has 6 aromatic carbocycles. The van der Waals surface area contributed by atoms with Crippen LogP contribution in [0.1, 0.15) is 0 Å². The molecule has 9 rings (SSSR count). The molecule has 0 bridgehead atoms. The minimum absolute atomic E-state index is 0.551. The molecule has 0 fully saturated rings. The quantitative estimate of drug-likeness (QED) is 0.207. The van der Waals surface area contributed by atoms with Crippen LogP contribution in [0.15, 0.2) is 132 Å². The second-order valence-electron chi connectivity index (χ2n) is 10.4. The van der Waals surface area contributed by atoms with E-state index in [1.54, 1.807) is 0 Å². The predicted molar refractivity (Wildman–Crippen MR) is 169 cm³/mol. The summed E-state index contributed by atoms with van der Waals surface area (Å²) in [5.74, 6) is 0. The Kier molecular flexibility index (Phi) is 4.37. The van der Waals surface area contributed by atoms with Crippen LogP contribution in [0.4, 0.5) is 5.69 Å². The van der Waals surface area contributed by atoms with Gasteiger partial charge in [0.1, 0.15) is 11.2 Å². The van der Waals surface area contributed by atoms with Gasteiger partial charge in [-0.2, -0.15) is 0 Å². The SMILES string of the molecule is [C-]#[N+]c1c(-n2c3ccccc3c3ccccc32)cc2c(oc3ccccc32)c1-n1c2ccccc2c2ccccc21. The molecule has 190 valence electrons. The average molecular weight is 524 g/mol. The number of rotatable bonds is 2. The molecule has 0 aliphatic carbocycles. The summed E-state index contributed by atoms with van der Waals surface area (Å²) in [6, 6.07) is 44.0. The van der Waals surface area contributed by atoms with E-state index < -0.39 is 0 Å². The molecule has 4 heteroatoms. The lowest BCUT2D eigenvalue weighted by Crippen LogP contribution is -2.00. The van der Waals surface area contributed by atoms with Crippen LogP contribution in [0.2, 0.25) is 0 Å². The Hall–Kier alpha value is -5.79. The first-order valence-corrected chi connectivity index (χ1v) is 13.7. The number of nitrogens with zero attached hydrogens (tertiary/aromatic N) is 3. The van der Waals surface area contributed by atoms with Gasteiger partial charge in [0.25, 0.3) is 0 Å². The van der Waals surface area contributed by atoms with E-state index in [0.29, 0.717) is 11.3 Å². The molecule has 0 unspecified atom stereocenters. The first kappa shape index (κ1) is 22.1. The van der Waals surface area contributed by atoms with E-state index in [0.717, 1.165) is 71.3 Å². The van der Waals surface area contributed by atoms with Gasteiger partial charge in [0.05, 0.1) is 40.0 Å². The average Bonchev–Trinajstić information content (AvgIpc) is 3.68. The van der Waals surface area contributed by atoms with Crippen molar-refractivity contribution >= 4 is 71.2 Å². The van der Waals surface area contributed by atoms with Crippen molar-refractivity contribution in [3.8, 4) is 11.4 Å². The molecule has 0 spiro atoms. The molecule has 0 saturated heterocycles. The lowest BCUT2D eigenvalue weighted by Gasteiger charge is -2.17. The highest BCUT2D eigenvalue weighted by Gasteiger charge is 2.26. The smallest absolute Gasteiger partial charge is 0.237 e. The van der Waals surface area contributed by atoms with Crippen LogP contribution in [0, 0.1) is 6.57 Å². The third kappa shape index (κ3) is 2.87.